The van der Waals surface area contributed by atoms with E-state index in [9.17, 15) is 13.2 Å². The molecule has 0 bridgehead atoms. The quantitative estimate of drug-likeness (QED) is 0.586. The van der Waals surface area contributed by atoms with E-state index in [4.69, 9.17) is 13.6 Å². The number of hydrogen-bond donors (Lipinski definition) is 1. The zero-order chi connectivity index (χ0) is 19.4. The van der Waals surface area contributed by atoms with Crippen molar-refractivity contribution in [3.63, 3.8) is 0 Å². The number of carbonyl (C=O) groups excluding carboxylic acids is 1. The molecule has 1 aromatic carbocycles. The van der Waals surface area contributed by atoms with Crippen molar-refractivity contribution >= 4 is 31.7 Å². The highest BCUT2D eigenvalue weighted by Crippen LogP contribution is 2.30. The maximum atomic E-state index is 13.1. The largest absolute Gasteiger partial charge is 0.497 e. The lowest BCUT2D eigenvalue weighted by atomic mass is 10.3. The molecule has 0 fully saturated rings. The molecule has 1 N–H and O–H groups in total. The van der Waals surface area contributed by atoms with E-state index < -0.39 is 21.0 Å². The van der Waals surface area contributed by atoms with Crippen molar-refractivity contribution in [1.82, 2.24) is 5.32 Å². The molecule has 2 aromatic heterocycles. The van der Waals surface area contributed by atoms with Crippen LogP contribution in [0.2, 0.25) is 0 Å². The second-order valence-corrected chi connectivity index (χ2v) is 8.45. The number of sulfone groups is 1. The van der Waals surface area contributed by atoms with E-state index in [2.05, 4.69) is 21.2 Å². The third-order valence-corrected chi connectivity index (χ3v) is 6.37. The number of methoxy groups -OCH3 is 1. The molecule has 0 radical (unpaired) electrons. The minimum atomic E-state index is -3.83. The predicted molar refractivity (Wildman–Crippen MR) is 100 cm³/mol. The molecule has 7 nitrogen and oxygen atoms in total. The minimum absolute atomic E-state index is 0.0712. The normalized spacial score (nSPS) is 12.5. The van der Waals surface area contributed by atoms with Crippen LogP contribution in [0.15, 0.2) is 73.2 Å². The van der Waals surface area contributed by atoms with E-state index in [1.54, 1.807) is 30.3 Å². The number of carbonyl (C=O) groups is 1. The van der Waals surface area contributed by atoms with Gasteiger partial charge in [-0.05, 0) is 64.5 Å². The Morgan fingerprint density at radius 3 is 2.48 bits per heavy atom. The van der Waals surface area contributed by atoms with Crippen molar-refractivity contribution in [2.75, 3.05) is 13.7 Å². The first-order chi connectivity index (χ1) is 12.9. The fraction of sp³-hybridized carbons (Fsp3) is 0.167. The smallest absolute Gasteiger partial charge is 0.287 e. The summed E-state index contributed by atoms with van der Waals surface area (Å²) in [5.41, 5.74) is 0. The van der Waals surface area contributed by atoms with Crippen LogP contribution in [0, 0.1) is 0 Å². The summed E-state index contributed by atoms with van der Waals surface area (Å²) in [5, 5.41) is 1.49. The Morgan fingerprint density at radius 1 is 1.19 bits per heavy atom. The number of amides is 1. The molecule has 27 heavy (non-hydrogen) atoms. The lowest BCUT2D eigenvalue weighted by Gasteiger charge is -2.16. The summed E-state index contributed by atoms with van der Waals surface area (Å²) in [6.07, 6.45) is 1.39. The first kappa shape index (κ1) is 19.2. The van der Waals surface area contributed by atoms with Gasteiger partial charge in [-0.3, -0.25) is 4.79 Å². The molecule has 0 aliphatic rings. The molecule has 0 saturated carbocycles. The highest BCUT2D eigenvalue weighted by atomic mass is 79.9. The molecule has 142 valence electrons. The molecule has 0 saturated heterocycles. The molecule has 1 amide bonds. The monoisotopic (exact) mass is 453 g/mol. The summed E-state index contributed by atoms with van der Waals surface area (Å²) in [5.74, 6) is 0.316. The van der Waals surface area contributed by atoms with Gasteiger partial charge in [0.25, 0.3) is 5.91 Å². The van der Waals surface area contributed by atoms with Crippen LogP contribution in [0.5, 0.6) is 5.75 Å². The van der Waals surface area contributed by atoms with Gasteiger partial charge in [0.2, 0.25) is 0 Å². The number of nitrogens with one attached hydrogen (secondary N) is 1. The molecule has 0 aliphatic carbocycles. The average molecular weight is 454 g/mol. The van der Waals surface area contributed by atoms with E-state index in [0.29, 0.717) is 10.4 Å². The fourth-order valence-corrected chi connectivity index (χ4v) is 4.37. The van der Waals surface area contributed by atoms with Gasteiger partial charge in [-0.2, -0.15) is 0 Å². The van der Waals surface area contributed by atoms with Crippen molar-refractivity contribution < 1.29 is 26.8 Å². The number of furan rings is 2. The van der Waals surface area contributed by atoms with Gasteiger partial charge in [0, 0.05) is 6.54 Å². The summed E-state index contributed by atoms with van der Waals surface area (Å²) < 4.78 is 42.2. The van der Waals surface area contributed by atoms with E-state index in [-0.39, 0.29) is 23.0 Å². The fourth-order valence-electron chi connectivity index (χ4n) is 2.48. The van der Waals surface area contributed by atoms with Gasteiger partial charge in [-0.15, -0.1) is 0 Å². The highest BCUT2D eigenvalue weighted by molar-refractivity contribution is 9.10. The third kappa shape index (κ3) is 4.25. The standard InChI is InChI=1S/C18H16BrNO6S/c1-24-12-4-6-13(7-5-12)27(22,23)16(14-3-2-10-25-14)11-20-18(21)15-8-9-17(19)26-15/h2-10,16H,11H2,1H3,(H,20,21)/t16-/m1/s1. The maximum absolute atomic E-state index is 13.1. The number of hydrogen-bond acceptors (Lipinski definition) is 6. The van der Waals surface area contributed by atoms with Gasteiger partial charge in [-0.1, -0.05) is 0 Å². The second kappa shape index (κ2) is 8.01. The Morgan fingerprint density at radius 2 is 1.93 bits per heavy atom. The van der Waals surface area contributed by atoms with Crippen molar-refractivity contribution in [1.29, 1.82) is 0 Å². The lowest BCUT2D eigenvalue weighted by molar-refractivity contribution is 0.0924. The number of benzene rings is 1. The predicted octanol–water partition coefficient (Wildman–Crippen LogP) is 3.59. The molecule has 0 spiro atoms. The molecular formula is C18H16BrNO6S. The minimum Gasteiger partial charge on any atom is -0.497 e. The first-order valence-corrected chi connectivity index (χ1v) is 10.2. The van der Waals surface area contributed by atoms with E-state index >= 15 is 0 Å². The van der Waals surface area contributed by atoms with Crippen molar-refractivity contribution in [2.24, 2.45) is 0 Å². The second-order valence-electron chi connectivity index (χ2n) is 5.54. The van der Waals surface area contributed by atoms with Crippen LogP contribution in [-0.4, -0.2) is 28.0 Å². The lowest BCUT2D eigenvalue weighted by Crippen LogP contribution is -2.31. The summed E-state index contributed by atoms with van der Waals surface area (Å²) in [6.45, 7) is -0.182. The van der Waals surface area contributed by atoms with Gasteiger partial charge in [0.05, 0.1) is 18.3 Å². The van der Waals surface area contributed by atoms with Crippen LogP contribution in [0.4, 0.5) is 0 Å². The summed E-state index contributed by atoms with van der Waals surface area (Å²) in [4.78, 5) is 12.3. The molecule has 3 aromatic rings. The van der Waals surface area contributed by atoms with Crippen LogP contribution >= 0.6 is 15.9 Å². The van der Waals surface area contributed by atoms with Crippen LogP contribution in [-0.2, 0) is 9.84 Å². The summed E-state index contributed by atoms with van der Waals surface area (Å²) >= 11 is 3.12. The topological polar surface area (TPSA) is 98.8 Å². The SMILES string of the molecule is COc1ccc(S(=O)(=O)[C@H](CNC(=O)c2ccc(Br)o2)c2ccco2)cc1. The van der Waals surface area contributed by atoms with E-state index in [1.807, 2.05) is 0 Å². The zero-order valence-corrected chi connectivity index (χ0v) is 16.6. The molecule has 0 aliphatic heterocycles. The van der Waals surface area contributed by atoms with Crippen LogP contribution in [0.1, 0.15) is 21.6 Å². The number of ether oxygens (including phenoxy) is 1. The van der Waals surface area contributed by atoms with Gasteiger partial charge in [0.1, 0.15) is 16.8 Å². The van der Waals surface area contributed by atoms with Gasteiger partial charge in [0.15, 0.2) is 20.3 Å². The average Bonchev–Trinajstić information content (AvgIpc) is 3.33. The highest BCUT2D eigenvalue weighted by Gasteiger charge is 2.32. The summed E-state index contributed by atoms with van der Waals surface area (Å²) in [6, 6.07) is 12.2. The molecule has 3 rings (SSSR count). The summed E-state index contributed by atoms with van der Waals surface area (Å²) in [7, 11) is -2.33. The Labute approximate surface area is 164 Å². The molecule has 9 heteroatoms. The van der Waals surface area contributed by atoms with Crippen molar-refractivity contribution in [3.05, 3.63) is 71.0 Å². The zero-order valence-electron chi connectivity index (χ0n) is 14.2. The third-order valence-electron chi connectivity index (χ3n) is 3.87. The van der Waals surface area contributed by atoms with E-state index in [1.165, 1.54) is 31.6 Å². The van der Waals surface area contributed by atoms with Crippen LogP contribution in [0.3, 0.4) is 0 Å². The molecule has 2 heterocycles. The van der Waals surface area contributed by atoms with Crippen LogP contribution < -0.4 is 10.1 Å². The Balaban J connectivity index is 1.85. The van der Waals surface area contributed by atoms with Gasteiger partial charge >= 0.3 is 0 Å². The number of halogens is 1. The first-order valence-electron chi connectivity index (χ1n) is 7.86. The molecular weight excluding hydrogens is 438 g/mol. The maximum Gasteiger partial charge on any atom is 0.287 e. The van der Waals surface area contributed by atoms with Gasteiger partial charge < -0.3 is 18.9 Å². The van der Waals surface area contributed by atoms with Crippen LogP contribution in [0.25, 0.3) is 0 Å². The van der Waals surface area contributed by atoms with E-state index in [0.717, 1.165) is 0 Å². The van der Waals surface area contributed by atoms with Crippen molar-refractivity contribution in [2.45, 2.75) is 10.1 Å². The Bertz CT molecular complexity index is 1010. The van der Waals surface area contributed by atoms with Crippen molar-refractivity contribution in [3.8, 4) is 5.75 Å². The van der Waals surface area contributed by atoms with Gasteiger partial charge in [-0.25, -0.2) is 8.42 Å². The Kier molecular flexibility index (Phi) is 5.71. The molecule has 0 unspecified atom stereocenters. The number of rotatable bonds is 7. The Hall–Kier alpha value is -2.52. The molecule has 1 atom stereocenters.